The number of rotatable bonds is 4. The van der Waals surface area contributed by atoms with Crippen molar-refractivity contribution < 1.29 is 5.11 Å². The third-order valence-electron chi connectivity index (χ3n) is 3.25. The minimum Gasteiger partial charge on any atom is -0.382 e. The van der Waals surface area contributed by atoms with Crippen LogP contribution in [0.5, 0.6) is 0 Å². The Morgan fingerprint density at radius 3 is 2.65 bits per heavy atom. The molecular formula is C17H23NOS. The molecule has 0 bridgehead atoms. The molecule has 1 aromatic carbocycles. The van der Waals surface area contributed by atoms with E-state index in [4.69, 9.17) is 0 Å². The number of aryl methyl sites for hydroxylation is 1. The second-order valence-corrected chi connectivity index (χ2v) is 7.08. The average Bonchev–Trinajstić information content (AvgIpc) is 2.88. The highest BCUT2D eigenvalue weighted by Crippen LogP contribution is 2.30. The molecule has 0 spiro atoms. The zero-order valence-corrected chi connectivity index (χ0v) is 13.5. The Hall–Kier alpha value is -1.19. The summed E-state index contributed by atoms with van der Waals surface area (Å²) in [7, 11) is 0. The Balaban J connectivity index is 2.24. The number of hydrogen-bond donors (Lipinski definition) is 1. The summed E-state index contributed by atoms with van der Waals surface area (Å²) in [5, 5.41) is 13.5. The third-order valence-corrected chi connectivity index (χ3v) is 4.54. The first-order valence-corrected chi connectivity index (χ1v) is 8.02. The molecule has 3 heteroatoms. The smallest absolute Gasteiger partial charge is 0.122 e. The van der Waals surface area contributed by atoms with Crippen LogP contribution in [-0.4, -0.2) is 10.1 Å². The molecule has 2 aromatic rings. The van der Waals surface area contributed by atoms with E-state index in [1.807, 2.05) is 17.5 Å². The van der Waals surface area contributed by atoms with Crippen LogP contribution in [-0.2, 0) is 11.8 Å². The van der Waals surface area contributed by atoms with Gasteiger partial charge in [-0.2, -0.15) is 0 Å². The highest BCUT2D eigenvalue weighted by atomic mass is 32.1. The molecule has 0 aliphatic heterocycles. The summed E-state index contributed by atoms with van der Waals surface area (Å²) in [4.78, 5) is 4.60. The van der Waals surface area contributed by atoms with Crippen LogP contribution < -0.4 is 0 Å². The van der Waals surface area contributed by atoms with Crippen molar-refractivity contribution in [3.63, 3.8) is 0 Å². The summed E-state index contributed by atoms with van der Waals surface area (Å²) < 4.78 is 0. The summed E-state index contributed by atoms with van der Waals surface area (Å²) in [5.41, 5.74) is 3.00. The third kappa shape index (κ3) is 3.47. The molecule has 20 heavy (non-hydrogen) atoms. The first-order chi connectivity index (χ1) is 9.41. The molecule has 1 atom stereocenters. The van der Waals surface area contributed by atoms with Gasteiger partial charge in [-0.15, -0.1) is 11.3 Å². The zero-order chi connectivity index (χ0) is 14.8. The van der Waals surface area contributed by atoms with Crippen molar-refractivity contribution in [2.75, 3.05) is 0 Å². The van der Waals surface area contributed by atoms with E-state index in [1.54, 1.807) is 11.3 Å². The normalized spacial score (nSPS) is 13.4. The summed E-state index contributed by atoms with van der Waals surface area (Å²) in [5.74, 6) is 0. The minimum absolute atomic E-state index is 0.0344. The van der Waals surface area contributed by atoms with Crippen molar-refractivity contribution in [1.82, 2.24) is 4.98 Å². The first-order valence-electron chi connectivity index (χ1n) is 7.14. The minimum atomic E-state index is -0.626. The summed E-state index contributed by atoms with van der Waals surface area (Å²) >= 11 is 1.62. The van der Waals surface area contributed by atoms with Crippen LogP contribution in [0.15, 0.2) is 29.6 Å². The van der Waals surface area contributed by atoms with Gasteiger partial charge in [0, 0.05) is 10.8 Å². The second kappa shape index (κ2) is 6.06. The molecule has 1 heterocycles. The van der Waals surface area contributed by atoms with Crippen molar-refractivity contribution in [2.24, 2.45) is 0 Å². The molecule has 0 fully saturated rings. The van der Waals surface area contributed by atoms with Gasteiger partial charge in [0.05, 0.1) is 10.7 Å². The van der Waals surface area contributed by atoms with Crippen LogP contribution >= 0.6 is 11.3 Å². The van der Waals surface area contributed by atoms with Crippen LogP contribution in [0.1, 0.15) is 62.0 Å². The molecule has 1 unspecified atom stereocenters. The SMILES string of the molecule is CCCc1cccc(C(O)c2csc(C(C)(C)C)n2)c1. The van der Waals surface area contributed by atoms with E-state index in [0.29, 0.717) is 0 Å². The van der Waals surface area contributed by atoms with Gasteiger partial charge in [0.15, 0.2) is 0 Å². The highest BCUT2D eigenvalue weighted by molar-refractivity contribution is 7.09. The van der Waals surface area contributed by atoms with Gasteiger partial charge in [-0.1, -0.05) is 58.4 Å². The average molecular weight is 289 g/mol. The predicted octanol–water partition coefficient (Wildman–Crippen LogP) is 4.47. The summed E-state index contributed by atoms with van der Waals surface area (Å²) in [6.07, 6.45) is 1.54. The molecule has 0 amide bonds. The zero-order valence-electron chi connectivity index (χ0n) is 12.7. The fourth-order valence-corrected chi connectivity index (χ4v) is 3.06. The molecular weight excluding hydrogens is 266 g/mol. The number of thiazole rings is 1. The lowest BCUT2D eigenvalue weighted by Crippen LogP contribution is -2.11. The van der Waals surface area contributed by atoms with E-state index >= 15 is 0 Å². The Labute approximate surface area is 125 Å². The lowest BCUT2D eigenvalue weighted by molar-refractivity contribution is 0.215. The van der Waals surface area contributed by atoms with E-state index < -0.39 is 6.10 Å². The summed E-state index contributed by atoms with van der Waals surface area (Å²) in [6, 6.07) is 8.19. The number of aliphatic hydroxyl groups is 1. The fourth-order valence-electron chi connectivity index (χ4n) is 2.13. The van der Waals surface area contributed by atoms with Crippen LogP contribution in [0.4, 0.5) is 0 Å². The number of nitrogens with zero attached hydrogens (tertiary/aromatic N) is 1. The van der Waals surface area contributed by atoms with Crippen molar-refractivity contribution >= 4 is 11.3 Å². The molecule has 0 aliphatic carbocycles. The summed E-state index contributed by atoms with van der Waals surface area (Å²) in [6.45, 7) is 8.59. The van der Waals surface area contributed by atoms with Crippen LogP contribution in [0.3, 0.4) is 0 Å². The fraction of sp³-hybridized carbons (Fsp3) is 0.471. The standard InChI is InChI=1S/C17H23NOS/c1-5-7-12-8-6-9-13(10-12)15(19)14-11-20-16(18-14)17(2,3)4/h6,8-11,15,19H,5,7H2,1-4H3. The Bertz CT molecular complexity index is 568. The molecule has 1 N–H and O–H groups in total. The van der Waals surface area contributed by atoms with Crippen molar-refractivity contribution in [3.8, 4) is 0 Å². The largest absolute Gasteiger partial charge is 0.382 e. The van der Waals surface area contributed by atoms with Gasteiger partial charge in [0.2, 0.25) is 0 Å². The molecule has 108 valence electrons. The number of aromatic nitrogens is 1. The topological polar surface area (TPSA) is 33.1 Å². The van der Waals surface area contributed by atoms with Crippen LogP contribution in [0.25, 0.3) is 0 Å². The number of hydrogen-bond acceptors (Lipinski definition) is 3. The van der Waals surface area contributed by atoms with Gasteiger partial charge >= 0.3 is 0 Å². The Kier molecular flexibility index (Phi) is 4.61. The maximum absolute atomic E-state index is 10.5. The van der Waals surface area contributed by atoms with E-state index in [-0.39, 0.29) is 5.41 Å². The van der Waals surface area contributed by atoms with Crippen molar-refractivity contribution in [3.05, 3.63) is 51.5 Å². The van der Waals surface area contributed by atoms with Crippen molar-refractivity contribution in [1.29, 1.82) is 0 Å². The molecule has 0 saturated heterocycles. The van der Waals surface area contributed by atoms with Gasteiger partial charge in [-0.25, -0.2) is 4.98 Å². The van der Waals surface area contributed by atoms with Gasteiger partial charge in [0.25, 0.3) is 0 Å². The molecule has 1 aromatic heterocycles. The molecule has 0 saturated carbocycles. The first kappa shape index (κ1) is 15.2. The quantitative estimate of drug-likeness (QED) is 0.900. The van der Waals surface area contributed by atoms with Gasteiger partial charge < -0.3 is 5.11 Å². The highest BCUT2D eigenvalue weighted by Gasteiger charge is 2.21. The Morgan fingerprint density at radius 1 is 1.30 bits per heavy atom. The van der Waals surface area contributed by atoms with Crippen LogP contribution in [0.2, 0.25) is 0 Å². The van der Waals surface area contributed by atoms with Crippen LogP contribution in [0, 0.1) is 0 Å². The molecule has 0 radical (unpaired) electrons. The van der Waals surface area contributed by atoms with Crippen molar-refractivity contribution in [2.45, 2.75) is 52.1 Å². The maximum Gasteiger partial charge on any atom is 0.122 e. The maximum atomic E-state index is 10.5. The van der Waals surface area contributed by atoms with E-state index in [2.05, 4.69) is 44.8 Å². The van der Waals surface area contributed by atoms with E-state index in [9.17, 15) is 5.11 Å². The van der Waals surface area contributed by atoms with Gasteiger partial charge in [-0.05, 0) is 17.5 Å². The predicted molar refractivity (Wildman–Crippen MR) is 85.3 cm³/mol. The molecule has 2 nitrogen and oxygen atoms in total. The number of benzene rings is 1. The van der Waals surface area contributed by atoms with E-state index in [0.717, 1.165) is 29.1 Å². The second-order valence-electron chi connectivity index (χ2n) is 6.23. The Morgan fingerprint density at radius 2 is 2.05 bits per heavy atom. The monoisotopic (exact) mass is 289 g/mol. The lowest BCUT2D eigenvalue weighted by Gasteiger charge is -2.14. The van der Waals surface area contributed by atoms with Gasteiger partial charge in [-0.3, -0.25) is 0 Å². The van der Waals surface area contributed by atoms with Gasteiger partial charge in [0.1, 0.15) is 6.10 Å². The number of aliphatic hydroxyl groups excluding tert-OH is 1. The van der Waals surface area contributed by atoms with E-state index in [1.165, 1.54) is 5.56 Å². The lowest BCUT2D eigenvalue weighted by atomic mass is 9.98. The molecule has 2 rings (SSSR count). The molecule has 0 aliphatic rings.